The van der Waals surface area contributed by atoms with E-state index in [2.05, 4.69) is 9.97 Å². The summed E-state index contributed by atoms with van der Waals surface area (Å²) < 4.78 is 5.17. The van der Waals surface area contributed by atoms with Gasteiger partial charge in [-0.15, -0.1) is 0 Å². The third-order valence-corrected chi connectivity index (χ3v) is 4.38. The maximum atomic E-state index is 10.3. The SMILES string of the molecule is COc1cccc(C(O)CSc2nc(C)c(C)c(C)n2)c1. The van der Waals surface area contributed by atoms with Crippen molar-refractivity contribution >= 4 is 11.8 Å². The lowest BCUT2D eigenvalue weighted by Crippen LogP contribution is -2.03. The number of hydrogen-bond acceptors (Lipinski definition) is 5. The molecule has 0 aliphatic carbocycles. The van der Waals surface area contributed by atoms with Gasteiger partial charge in [0.2, 0.25) is 0 Å². The van der Waals surface area contributed by atoms with Gasteiger partial charge in [-0.3, -0.25) is 0 Å². The first-order valence-electron chi connectivity index (χ1n) is 6.78. The highest BCUT2D eigenvalue weighted by Crippen LogP contribution is 2.25. The van der Waals surface area contributed by atoms with Crippen LogP contribution in [0.2, 0.25) is 0 Å². The van der Waals surface area contributed by atoms with Crippen LogP contribution in [0.25, 0.3) is 0 Å². The first-order chi connectivity index (χ1) is 10.0. The molecule has 0 amide bonds. The van der Waals surface area contributed by atoms with Crippen molar-refractivity contribution in [3.05, 3.63) is 46.8 Å². The van der Waals surface area contributed by atoms with Gasteiger partial charge in [0.15, 0.2) is 5.16 Å². The normalized spacial score (nSPS) is 12.2. The maximum absolute atomic E-state index is 10.3. The van der Waals surface area contributed by atoms with Crippen molar-refractivity contribution in [1.29, 1.82) is 0 Å². The second-order valence-electron chi connectivity index (χ2n) is 4.91. The fraction of sp³-hybridized carbons (Fsp3) is 0.375. The van der Waals surface area contributed by atoms with Gasteiger partial charge in [0.25, 0.3) is 0 Å². The minimum Gasteiger partial charge on any atom is -0.497 e. The number of methoxy groups -OCH3 is 1. The molecule has 0 spiro atoms. The summed E-state index contributed by atoms with van der Waals surface area (Å²) in [5, 5.41) is 11.0. The number of aliphatic hydroxyl groups is 1. The molecule has 112 valence electrons. The number of rotatable bonds is 5. The summed E-state index contributed by atoms with van der Waals surface area (Å²) in [6.07, 6.45) is -0.574. The largest absolute Gasteiger partial charge is 0.497 e. The van der Waals surface area contributed by atoms with E-state index in [1.165, 1.54) is 11.8 Å². The Labute approximate surface area is 129 Å². The molecular formula is C16H20N2O2S. The van der Waals surface area contributed by atoms with E-state index in [4.69, 9.17) is 4.74 Å². The van der Waals surface area contributed by atoms with E-state index in [9.17, 15) is 5.11 Å². The van der Waals surface area contributed by atoms with Crippen LogP contribution in [0.4, 0.5) is 0 Å². The first kappa shape index (κ1) is 15.8. The fourth-order valence-corrected chi connectivity index (χ4v) is 2.81. The summed E-state index contributed by atoms with van der Waals surface area (Å²) in [7, 11) is 1.62. The maximum Gasteiger partial charge on any atom is 0.188 e. The Kier molecular flexibility index (Phi) is 5.20. The zero-order valence-corrected chi connectivity index (χ0v) is 13.6. The van der Waals surface area contributed by atoms with Crippen LogP contribution in [0.1, 0.15) is 28.6 Å². The second kappa shape index (κ2) is 6.91. The Hall–Kier alpha value is -1.59. The van der Waals surface area contributed by atoms with Crippen LogP contribution in [0.3, 0.4) is 0 Å². The summed E-state index contributed by atoms with van der Waals surface area (Å²) in [6.45, 7) is 5.98. The zero-order valence-electron chi connectivity index (χ0n) is 12.8. The molecule has 0 saturated heterocycles. The molecular weight excluding hydrogens is 284 g/mol. The predicted octanol–water partition coefficient (Wildman–Crippen LogP) is 3.24. The van der Waals surface area contributed by atoms with Crippen LogP contribution in [0.15, 0.2) is 29.4 Å². The molecule has 0 saturated carbocycles. The van der Waals surface area contributed by atoms with Gasteiger partial charge in [-0.05, 0) is 44.0 Å². The van der Waals surface area contributed by atoms with E-state index in [0.29, 0.717) is 10.9 Å². The molecule has 1 atom stereocenters. The van der Waals surface area contributed by atoms with Crippen LogP contribution in [-0.4, -0.2) is 27.9 Å². The molecule has 2 aromatic rings. The lowest BCUT2D eigenvalue weighted by molar-refractivity contribution is 0.203. The molecule has 1 unspecified atom stereocenters. The first-order valence-corrected chi connectivity index (χ1v) is 7.76. The van der Waals surface area contributed by atoms with E-state index >= 15 is 0 Å². The van der Waals surface area contributed by atoms with E-state index in [0.717, 1.165) is 28.3 Å². The minimum atomic E-state index is -0.574. The quantitative estimate of drug-likeness (QED) is 0.679. The zero-order chi connectivity index (χ0) is 15.4. The number of aliphatic hydroxyl groups excluding tert-OH is 1. The molecule has 0 aliphatic heterocycles. The molecule has 1 heterocycles. The highest BCUT2D eigenvalue weighted by Gasteiger charge is 2.11. The predicted molar refractivity (Wildman–Crippen MR) is 84.9 cm³/mol. The summed E-state index contributed by atoms with van der Waals surface area (Å²) in [5.41, 5.74) is 3.93. The summed E-state index contributed by atoms with van der Waals surface area (Å²) in [6, 6.07) is 7.47. The average Bonchev–Trinajstić information content (AvgIpc) is 2.50. The van der Waals surface area contributed by atoms with Gasteiger partial charge in [0.05, 0.1) is 13.2 Å². The lowest BCUT2D eigenvalue weighted by Gasteiger charge is -2.12. The molecule has 4 nitrogen and oxygen atoms in total. The standard InChI is InChI=1S/C16H20N2O2S/c1-10-11(2)17-16(18-12(10)3)21-9-15(19)13-6-5-7-14(8-13)20-4/h5-8,15,19H,9H2,1-4H3. The number of benzene rings is 1. The summed E-state index contributed by atoms with van der Waals surface area (Å²) >= 11 is 1.46. The monoisotopic (exact) mass is 304 g/mol. The molecule has 0 fully saturated rings. The number of ether oxygens (including phenoxy) is 1. The van der Waals surface area contributed by atoms with Crippen molar-refractivity contribution in [2.45, 2.75) is 32.0 Å². The van der Waals surface area contributed by atoms with E-state index in [-0.39, 0.29) is 0 Å². The molecule has 0 radical (unpaired) electrons. The highest BCUT2D eigenvalue weighted by molar-refractivity contribution is 7.99. The van der Waals surface area contributed by atoms with Gasteiger partial charge < -0.3 is 9.84 Å². The van der Waals surface area contributed by atoms with Gasteiger partial charge in [-0.25, -0.2) is 9.97 Å². The molecule has 0 bridgehead atoms. The lowest BCUT2D eigenvalue weighted by atomic mass is 10.1. The molecule has 21 heavy (non-hydrogen) atoms. The van der Waals surface area contributed by atoms with Gasteiger partial charge in [-0.2, -0.15) is 0 Å². The van der Waals surface area contributed by atoms with Gasteiger partial charge >= 0.3 is 0 Å². The van der Waals surface area contributed by atoms with Crippen molar-refractivity contribution in [2.75, 3.05) is 12.9 Å². The number of hydrogen-bond donors (Lipinski definition) is 1. The second-order valence-corrected chi connectivity index (χ2v) is 5.89. The third kappa shape index (κ3) is 3.95. The van der Waals surface area contributed by atoms with E-state index < -0.39 is 6.10 Å². The van der Waals surface area contributed by atoms with Gasteiger partial charge in [0.1, 0.15) is 5.75 Å². The average molecular weight is 304 g/mol. The number of thioether (sulfide) groups is 1. The molecule has 2 rings (SSSR count). The smallest absolute Gasteiger partial charge is 0.188 e. The number of aromatic nitrogens is 2. The van der Waals surface area contributed by atoms with Crippen molar-refractivity contribution in [3.8, 4) is 5.75 Å². The molecule has 5 heteroatoms. The van der Waals surface area contributed by atoms with Crippen LogP contribution in [0.5, 0.6) is 5.75 Å². The topological polar surface area (TPSA) is 55.2 Å². The third-order valence-electron chi connectivity index (χ3n) is 3.46. The number of aryl methyl sites for hydroxylation is 2. The Morgan fingerprint density at radius 1 is 1.19 bits per heavy atom. The molecule has 1 aromatic heterocycles. The van der Waals surface area contributed by atoms with Crippen LogP contribution in [-0.2, 0) is 0 Å². The van der Waals surface area contributed by atoms with E-state index in [1.807, 2.05) is 45.0 Å². The Balaban J connectivity index is 2.05. The van der Waals surface area contributed by atoms with Crippen molar-refractivity contribution in [1.82, 2.24) is 9.97 Å². The van der Waals surface area contributed by atoms with Crippen LogP contribution in [0, 0.1) is 20.8 Å². The van der Waals surface area contributed by atoms with Crippen molar-refractivity contribution < 1.29 is 9.84 Å². The Bertz CT molecular complexity index is 608. The summed E-state index contributed by atoms with van der Waals surface area (Å²) in [4.78, 5) is 8.90. The number of nitrogens with zero attached hydrogens (tertiary/aromatic N) is 2. The van der Waals surface area contributed by atoms with Gasteiger partial charge in [-0.1, -0.05) is 23.9 Å². The molecule has 0 aliphatic rings. The van der Waals surface area contributed by atoms with Crippen molar-refractivity contribution in [3.63, 3.8) is 0 Å². The van der Waals surface area contributed by atoms with E-state index in [1.54, 1.807) is 7.11 Å². The van der Waals surface area contributed by atoms with Gasteiger partial charge in [0, 0.05) is 17.1 Å². The summed E-state index contributed by atoms with van der Waals surface area (Å²) in [5.74, 6) is 1.25. The minimum absolute atomic E-state index is 0.509. The highest BCUT2D eigenvalue weighted by atomic mass is 32.2. The molecule has 1 aromatic carbocycles. The Morgan fingerprint density at radius 3 is 2.48 bits per heavy atom. The van der Waals surface area contributed by atoms with Crippen molar-refractivity contribution in [2.24, 2.45) is 0 Å². The Morgan fingerprint density at radius 2 is 1.86 bits per heavy atom. The van der Waals surface area contributed by atoms with Crippen LogP contribution >= 0.6 is 11.8 Å². The van der Waals surface area contributed by atoms with Crippen LogP contribution < -0.4 is 4.74 Å². The fourth-order valence-electron chi connectivity index (χ4n) is 1.90. The molecule has 1 N–H and O–H groups in total.